The fourth-order valence-electron chi connectivity index (χ4n) is 2.73. The largest absolute Gasteiger partial charge is 0.352 e. The summed E-state index contributed by atoms with van der Waals surface area (Å²) in [4.78, 5) is 24.3. The van der Waals surface area contributed by atoms with Gasteiger partial charge < -0.3 is 10.6 Å². The Balaban J connectivity index is 1.85. The van der Waals surface area contributed by atoms with E-state index in [0.717, 1.165) is 12.8 Å². The first kappa shape index (κ1) is 18.5. The summed E-state index contributed by atoms with van der Waals surface area (Å²) < 4.78 is 1.52. The average molecular weight is 334 g/mol. The molecule has 0 aromatic carbocycles. The van der Waals surface area contributed by atoms with Crippen molar-refractivity contribution in [3.05, 3.63) is 18.0 Å². The third-order valence-corrected chi connectivity index (χ3v) is 4.82. The molecule has 1 fully saturated rings. The van der Waals surface area contributed by atoms with E-state index in [2.05, 4.69) is 36.5 Å². The molecule has 0 spiro atoms. The van der Waals surface area contributed by atoms with Gasteiger partial charge >= 0.3 is 0 Å². The van der Waals surface area contributed by atoms with Gasteiger partial charge in [-0.2, -0.15) is 5.10 Å². The number of nitrogens with zero attached hydrogens (tertiary/aromatic N) is 2. The van der Waals surface area contributed by atoms with Gasteiger partial charge in [-0.15, -0.1) is 0 Å². The van der Waals surface area contributed by atoms with Crippen LogP contribution in [0.3, 0.4) is 0 Å². The van der Waals surface area contributed by atoms with Gasteiger partial charge in [0.05, 0.1) is 11.8 Å². The number of carbonyl (C=O) groups is 2. The van der Waals surface area contributed by atoms with Crippen LogP contribution in [0.2, 0.25) is 0 Å². The minimum atomic E-state index is -0.156. The monoisotopic (exact) mass is 334 g/mol. The first-order valence-electron chi connectivity index (χ1n) is 8.88. The van der Waals surface area contributed by atoms with Crippen LogP contribution in [0.15, 0.2) is 12.4 Å². The minimum absolute atomic E-state index is 0.00840. The van der Waals surface area contributed by atoms with Gasteiger partial charge in [-0.1, -0.05) is 40.0 Å². The van der Waals surface area contributed by atoms with E-state index in [1.54, 1.807) is 6.20 Å². The molecule has 1 heterocycles. The highest BCUT2D eigenvalue weighted by atomic mass is 16.2. The van der Waals surface area contributed by atoms with E-state index in [4.69, 9.17) is 0 Å². The average Bonchev–Trinajstić information content (AvgIpc) is 2.95. The lowest BCUT2D eigenvalue weighted by Crippen LogP contribution is -2.41. The first-order chi connectivity index (χ1) is 11.3. The Kier molecular flexibility index (Phi) is 6.02. The summed E-state index contributed by atoms with van der Waals surface area (Å²) in [5, 5.41) is 10.2. The molecule has 2 amide bonds. The Bertz CT molecular complexity index is 568. The van der Waals surface area contributed by atoms with Gasteiger partial charge in [0.2, 0.25) is 5.91 Å². The molecule has 1 aromatic rings. The predicted molar refractivity (Wildman–Crippen MR) is 93.6 cm³/mol. The molecule has 24 heavy (non-hydrogen) atoms. The fourth-order valence-corrected chi connectivity index (χ4v) is 2.73. The molecule has 6 nitrogen and oxygen atoms in total. The number of hydrogen-bond donors (Lipinski definition) is 2. The Morgan fingerprint density at radius 1 is 1.29 bits per heavy atom. The second kappa shape index (κ2) is 7.81. The SMILES string of the molecule is C[C@H](NC(=O)c1cnn(CC(=O)NC2CCCCC2)c1)C(C)(C)C. The lowest BCUT2D eigenvalue weighted by Gasteiger charge is -2.27. The highest BCUT2D eigenvalue weighted by molar-refractivity contribution is 5.94. The summed E-state index contributed by atoms with van der Waals surface area (Å²) in [5.41, 5.74) is 0.475. The molecule has 0 unspecified atom stereocenters. The Morgan fingerprint density at radius 2 is 1.96 bits per heavy atom. The zero-order chi connectivity index (χ0) is 17.7. The van der Waals surface area contributed by atoms with Gasteiger partial charge in [-0.05, 0) is 25.2 Å². The number of hydrogen-bond acceptors (Lipinski definition) is 3. The van der Waals surface area contributed by atoms with Crippen molar-refractivity contribution >= 4 is 11.8 Å². The van der Waals surface area contributed by atoms with E-state index in [1.165, 1.54) is 30.1 Å². The Labute approximate surface area is 144 Å². The van der Waals surface area contributed by atoms with Crippen molar-refractivity contribution in [1.82, 2.24) is 20.4 Å². The molecular weight excluding hydrogens is 304 g/mol. The first-order valence-corrected chi connectivity index (χ1v) is 8.88. The highest BCUT2D eigenvalue weighted by Gasteiger charge is 2.23. The summed E-state index contributed by atoms with van der Waals surface area (Å²) in [6, 6.07) is 0.333. The second-order valence-electron chi connectivity index (χ2n) is 7.89. The van der Waals surface area contributed by atoms with Crippen molar-refractivity contribution in [1.29, 1.82) is 0 Å². The maximum atomic E-state index is 12.3. The highest BCUT2D eigenvalue weighted by Crippen LogP contribution is 2.19. The van der Waals surface area contributed by atoms with E-state index in [9.17, 15) is 9.59 Å². The van der Waals surface area contributed by atoms with Crippen LogP contribution in [0.1, 0.15) is 70.2 Å². The van der Waals surface area contributed by atoms with Crippen LogP contribution in [0.4, 0.5) is 0 Å². The molecule has 2 rings (SSSR count). The van der Waals surface area contributed by atoms with Gasteiger partial charge in [-0.3, -0.25) is 14.3 Å². The smallest absolute Gasteiger partial charge is 0.254 e. The third-order valence-electron chi connectivity index (χ3n) is 4.82. The standard InChI is InChI=1S/C18H30N4O2/c1-13(18(2,3)4)20-17(24)14-10-19-22(11-14)12-16(23)21-15-8-6-5-7-9-15/h10-11,13,15H,5-9,12H2,1-4H3,(H,20,24)(H,21,23)/t13-/m0/s1. The Hall–Kier alpha value is -1.85. The molecule has 1 aliphatic rings. The lowest BCUT2D eigenvalue weighted by atomic mass is 9.88. The van der Waals surface area contributed by atoms with Crippen LogP contribution >= 0.6 is 0 Å². The zero-order valence-electron chi connectivity index (χ0n) is 15.3. The molecule has 0 radical (unpaired) electrons. The molecule has 1 aliphatic carbocycles. The van der Waals surface area contributed by atoms with Gasteiger partial charge in [-0.25, -0.2) is 0 Å². The number of nitrogens with one attached hydrogen (secondary N) is 2. The number of aromatic nitrogens is 2. The summed E-state index contributed by atoms with van der Waals surface area (Å²) in [6.45, 7) is 8.38. The summed E-state index contributed by atoms with van der Waals surface area (Å²) in [5.74, 6) is -0.198. The second-order valence-corrected chi connectivity index (χ2v) is 7.89. The van der Waals surface area contributed by atoms with Crippen molar-refractivity contribution < 1.29 is 9.59 Å². The third kappa shape index (κ3) is 5.35. The minimum Gasteiger partial charge on any atom is -0.352 e. The molecule has 1 aromatic heterocycles. The van der Waals surface area contributed by atoms with E-state index in [1.807, 2.05) is 6.92 Å². The molecule has 2 N–H and O–H groups in total. The molecule has 0 bridgehead atoms. The topological polar surface area (TPSA) is 76.0 Å². The van der Waals surface area contributed by atoms with E-state index >= 15 is 0 Å². The van der Waals surface area contributed by atoms with Crippen LogP contribution in [0, 0.1) is 5.41 Å². The van der Waals surface area contributed by atoms with Gasteiger partial charge in [0.15, 0.2) is 0 Å². The van der Waals surface area contributed by atoms with Crippen molar-refractivity contribution in [2.45, 2.75) is 78.4 Å². The quantitative estimate of drug-likeness (QED) is 0.868. The summed E-state index contributed by atoms with van der Waals surface area (Å²) in [6.07, 6.45) is 8.89. The van der Waals surface area contributed by atoms with Crippen molar-refractivity contribution in [3.8, 4) is 0 Å². The predicted octanol–water partition coefficient (Wildman–Crippen LogP) is 2.50. The van der Waals surface area contributed by atoms with E-state index in [0.29, 0.717) is 5.56 Å². The van der Waals surface area contributed by atoms with Crippen LogP contribution in [-0.2, 0) is 11.3 Å². The molecule has 6 heteroatoms. The van der Waals surface area contributed by atoms with E-state index in [-0.39, 0.29) is 35.9 Å². The molecule has 0 aliphatic heterocycles. The van der Waals surface area contributed by atoms with Crippen molar-refractivity contribution in [2.24, 2.45) is 5.41 Å². The molecule has 134 valence electrons. The Morgan fingerprint density at radius 3 is 2.58 bits per heavy atom. The van der Waals surface area contributed by atoms with Crippen LogP contribution in [0.25, 0.3) is 0 Å². The lowest BCUT2D eigenvalue weighted by molar-refractivity contribution is -0.122. The molecule has 0 saturated heterocycles. The van der Waals surface area contributed by atoms with Gasteiger partial charge in [0.1, 0.15) is 6.54 Å². The normalized spacial score (nSPS) is 17.3. The van der Waals surface area contributed by atoms with Gasteiger partial charge in [0, 0.05) is 18.3 Å². The maximum absolute atomic E-state index is 12.3. The summed E-state index contributed by atoms with van der Waals surface area (Å²) in [7, 11) is 0. The maximum Gasteiger partial charge on any atom is 0.254 e. The molecule has 1 atom stereocenters. The number of rotatable bonds is 5. The van der Waals surface area contributed by atoms with Crippen molar-refractivity contribution in [2.75, 3.05) is 0 Å². The summed E-state index contributed by atoms with van der Waals surface area (Å²) >= 11 is 0. The molecule has 1 saturated carbocycles. The number of amides is 2. The van der Waals surface area contributed by atoms with E-state index < -0.39 is 0 Å². The number of carbonyl (C=O) groups excluding carboxylic acids is 2. The fraction of sp³-hybridized carbons (Fsp3) is 0.722. The van der Waals surface area contributed by atoms with Gasteiger partial charge in [0.25, 0.3) is 5.91 Å². The molecular formula is C18H30N4O2. The van der Waals surface area contributed by atoms with Crippen LogP contribution in [-0.4, -0.2) is 33.7 Å². The van der Waals surface area contributed by atoms with Crippen LogP contribution in [0.5, 0.6) is 0 Å². The zero-order valence-corrected chi connectivity index (χ0v) is 15.3. The van der Waals surface area contributed by atoms with Crippen molar-refractivity contribution in [3.63, 3.8) is 0 Å². The van der Waals surface area contributed by atoms with Crippen LogP contribution < -0.4 is 10.6 Å².